The largest absolute Gasteiger partial charge is 0.309 e. The number of rotatable bonds is 7. The second kappa shape index (κ2) is 15.3. The highest BCUT2D eigenvalue weighted by Gasteiger charge is 2.21. The van der Waals surface area contributed by atoms with Gasteiger partial charge in [-0.15, -0.1) is 0 Å². The van der Waals surface area contributed by atoms with E-state index >= 15 is 0 Å². The van der Waals surface area contributed by atoms with Gasteiger partial charge < -0.3 is 9.13 Å². The topological polar surface area (TPSA) is 100 Å². The van der Waals surface area contributed by atoms with Gasteiger partial charge in [-0.25, -0.2) is 15.0 Å². The van der Waals surface area contributed by atoms with Crippen LogP contribution in [-0.4, -0.2) is 44.0 Å². The molecule has 13 rings (SSSR count). The van der Waals surface area contributed by atoms with Crippen LogP contribution in [0.25, 0.3) is 123 Å². The van der Waals surface area contributed by atoms with Crippen molar-refractivity contribution >= 4 is 54.4 Å². The summed E-state index contributed by atoms with van der Waals surface area (Å²) in [6, 6.07) is 65.1. The van der Waals surface area contributed by atoms with Crippen LogP contribution in [0.5, 0.6) is 0 Å². The maximum atomic E-state index is 5.06. The zero-order valence-corrected chi connectivity index (χ0v) is 35.2. The van der Waals surface area contributed by atoms with Gasteiger partial charge in [-0.1, -0.05) is 91.0 Å². The van der Waals surface area contributed by atoms with E-state index in [1.54, 1.807) is 24.8 Å². The van der Waals surface area contributed by atoms with E-state index in [-0.39, 0.29) is 0 Å². The zero-order valence-electron chi connectivity index (χ0n) is 35.2. The molecule has 0 spiro atoms. The Kier molecular flexibility index (Phi) is 8.63. The highest BCUT2D eigenvalue weighted by Crippen LogP contribution is 2.42. The van der Waals surface area contributed by atoms with Crippen molar-refractivity contribution in [2.45, 2.75) is 0 Å². The van der Waals surface area contributed by atoms with Gasteiger partial charge in [0.2, 0.25) is 0 Å². The molecule has 0 saturated carbocycles. The number of hydrogen-bond donors (Lipinski definition) is 0. The Morgan fingerprint density at radius 3 is 1.12 bits per heavy atom. The second-order valence-corrected chi connectivity index (χ2v) is 16.2. The van der Waals surface area contributed by atoms with Crippen molar-refractivity contribution in [2.75, 3.05) is 0 Å². The van der Waals surface area contributed by atoms with Gasteiger partial charge in [-0.2, -0.15) is 0 Å². The highest BCUT2D eigenvalue weighted by atomic mass is 15.0. The molecular formula is C57H35N9. The van der Waals surface area contributed by atoms with Crippen molar-refractivity contribution in [1.29, 1.82) is 0 Å². The summed E-state index contributed by atoms with van der Waals surface area (Å²) in [7, 11) is 0. The van der Waals surface area contributed by atoms with Crippen LogP contribution >= 0.6 is 0 Å². The average Bonchev–Trinajstić information content (AvgIpc) is 3.93. The lowest BCUT2D eigenvalue weighted by Gasteiger charge is -2.13. The van der Waals surface area contributed by atoms with Crippen LogP contribution in [0.1, 0.15) is 0 Å². The first kappa shape index (κ1) is 37.4. The van der Waals surface area contributed by atoms with Crippen molar-refractivity contribution in [2.24, 2.45) is 0 Å². The Morgan fingerprint density at radius 1 is 0.273 bits per heavy atom. The lowest BCUT2D eigenvalue weighted by atomic mass is 10.0. The molecule has 13 aromatic rings. The predicted octanol–water partition coefficient (Wildman–Crippen LogP) is 13.1. The zero-order chi connectivity index (χ0) is 43.6. The molecule has 9 heteroatoms. The highest BCUT2D eigenvalue weighted by molar-refractivity contribution is 6.26. The van der Waals surface area contributed by atoms with Crippen molar-refractivity contribution in [1.82, 2.24) is 44.0 Å². The van der Waals surface area contributed by atoms with Gasteiger partial charge in [0, 0.05) is 85.2 Å². The van der Waals surface area contributed by atoms with Crippen molar-refractivity contribution in [3.8, 4) is 68.3 Å². The number of hydrogen-bond acceptors (Lipinski definition) is 7. The van der Waals surface area contributed by atoms with E-state index < -0.39 is 0 Å². The molecule has 308 valence electrons. The smallest absolute Gasteiger partial charge is 0.165 e. The van der Waals surface area contributed by atoms with Gasteiger partial charge >= 0.3 is 0 Å². The molecular weight excluding hydrogens is 811 g/mol. The number of benzene rings is 6. The van der Waals surface area contributed by atoms with E-state index in [9.17, 15) is 0 Å². The van der Waals surface area contributed by atoms with E-state index in [0.717, 1.165) is 61.9 Å². The molecule has 0 amide bonds. The van der Waals surface area contributed by atoms with E-state index in [0.29, 0.717) is 17.5 Å². The van der Waals surface area contributed by atoms with Gasteiger partial charge in [0.05, 0.1) is 44.8 Å². The molecule has 0 atom stereocenters. The molecule has 9 nitrogen and oxygen atoms in total. The minimum Gasteiger partial charge on any atom is -0.309 e. The van der Waals surface area contributed by atoms with E-state index in [4.69, 9.17) is 24.9 Å². The fourth-order valence-corrected chi connectivity index (χ4v) is 9.34. The molecule has 7 heterocycles. The first-order valence-electron chi connectivity index (χ1n) is 21.8. The molecule has 0 radical (unpaired) electrons. The quantitative estimate of drug-likeness (QED) is 0.157. The van der Waals surface area contributed by atoms with E-state index in [2.05, 4.69) is 146 Å². The van der Waals surface area contributed by atoms with Crippen LogP contribution in [0.3, 0.4) is 0 Å². The SMILES string of the molecule is c1ccc(-n2c3ccccc3c3ccc4c(ccc5c6ccccc6n(-c6ccc(-c7nc(-c8ccc(-c9ccccn9)nc8)nc(-c8ccc(-c9ccccn9)nc8)n7)cc6)c54)c32)cc1. The van der Waals surface area contributed by atoms with Crippen molar-refractivity contribution in [3.63, 3.8) is 0 Å². The second-order valence-electron chi connectivity index (χ2n) is 16.2. The lowest BCUT2D eigenvalue weighted by molar-refractivity contribution is 1.06. The molecule has 7 aromatic heterocycles. The summed E-state index contributed by atoms with van der Waals surface area (Å²) < 4.78 is 4.81. The number of fused-ring (bicyclic) bond motifs is 9. The van der Waals surface area contributed by atoms with Crippen LogP contribution in [0, 0.1) is 0 Å². The number of para-hydroxylation sites is 3. The van der Waals surface area contributed by atoms with Gasteiger partial charge in [0.1, 0.15) is 0 Å². The molecule has 66 heavy (non-hydrogen) atoms. The van der Waals surface area contributed by atoms with Crippen LogP contribution in [0.2, 0.25) is 0 Å². The third-order valence-corrected chi connectivity index (χ3v) is 12.4. The Bertz CT molecular complexity index is 3840. The van der Waals surface area contributed by atoms with E-state index in [1.807, 2.05) is 60.7 Å². The Labute approximate surface area is 378 Å². The monoisotopic (exact) mass is 845 g/mol. The van der Waals surface area contributed by atoms with Crippen LogP contribution < -0.4 is 0 Å². The Balaban J connectivity index is 0.962. The normalized spacial score (nSPS) is 11.6. The minimum absolute atomic E-state index is 0.501. The molecule has 0 aliphatic carbocycles. The van der Waals surface area contributed by atoms with Crippen LogP contribution in [0.4, 0.5) is 0 Å². The molecule has 6 aromatic carbocycles. The third-order valence-electron chi connectivity index (χ3n) is 12.4. The summed E-state index contributed by atoms with van der Waals surface area (Å²) in [6.45, 7) is 0. The average molecular weight is 846 g/mol. The number of aromatic nitrogens is 9. The van der Waals surface area contributed by atoms with Crippen molar-refractivity contribution < 1.29 is 0 Å². The maximum absolute atomic E-state index is 5.06. The standard InChI is InChI=1S/C57H35N9/c1-2-12-39(13-3-1)65-51-18-6-4-14-41(51)43-26-29-46-45(53(43)65)28-27-44-42-15-5-7-19-52(42)66(54(44)46)40-24-20-36(21-25-40)55-62-56(37-22-30-49(60-34-37)47-16-8-10-32-58-47)64-57(63-55)38-23-31-50(61-35-38)48-17-9-11-33-59-48/h1-35H. The van der Waals surface area contributed by atoms with Crippen LogP contribution in [0.15, 0.2) is 213 Å². The summed E-state index contributed by atoms with van der Waals surface area (Å²) >= 11 is 0. The van der Waals surface area contributed by atoms with E-state index in [1.165, 1.54) is 43.4 Å². The van der Waals surface area contributed by atoms with Crippen molar-refractivity contribution in [3.05, 3.63) is 213 Å². The summed E-state index contributed by atoms with van der Waals surface area (Å²) in [5.74, 6) is 1.54. The molecule has 0 N–H and O–H groups in total. The molecule has 0 aliphatic rings. The van der Waals surface area contributed by atoms with Gasteiger partial charge in [-0.05, 0) is 97.1 Å². The summed E-state index contributed by atoms with van der Waals surface area (Å²) in [5.41, 5.74) is 12.3. The first-order chi connectivity index (χ1) is 32.7. The van der Waals surface area contributed by atoms with Gasteiger partial charge in [-0.3, -0.25) is 19.9 Å². The molecule has 0 aliphatic heterocycles. The number of pyridine rings is 4. The Hall–Kier alpha value is -9.21. The fraction of sp³-hybridized carbons (Fsp3) is 0. The summed E-state index contributed by atoms with van der Waals surface area (Å²) in [4.78, 5) is 33.6. The van der Waals surface area contributed by atoms with Gasteiger partial charge in [0.15, 0.2) is 17.5 Å². The molecule has 0 bridgehead atoms. The first-order valence-corrected chi connectivity index (χ1v) is 21.8. The molecule has 0 unspecified atom stereocenters. The lowest BCUT2D eigenvalue weighted by Crippen LogP contribution is -2.01. The summed E-state index contributed by atoms with van der Waals surface area (Å²) in [5, 5.41) is 7.22. The summed E-state index contributed by atoms with van der Waals surface area (Å²) in [6.07, 6.45) is 7.11. The Morgan fingerprint density at radius 2 is 0.667 bits per heavy atom. The fourth-order valence-electron chi connectivity index (χ4n) is 9.34. The molecule has 0 fully saturated rings. The number of nitrogens with zero attached hydrogens (tertiary/aromatic N) is 9. The predicted molar refractivity (Wildman–Crippen MR) is 264 cm³/mol. The van der Waals surface area contributed by atoms with Gasteiger partial charge in [0.25, 0.3) is 0 Å². The maximum Gasteiger partial charge on any atom is 0.165 e. The third kappa shape index (κ3) is 6.13. The molecule has 0 saturated heterocycles. The minimum atomic E-state index is 0.501. The van der Waals surface area contributed by atoms with Crippen LogP contribution in [-0.2, 0) is 0 Å².